The van der Waals surface area contributed by atoms with E-state index in [4.69, 9.17) is 0 Å². The molecular weight excluding hydrogens is 278 g/mol. The van der Waals surface area contributed by atoms with Crippen molar-refractivity contribution in [3.63, 3.8) is 0 Å². The molecule has 2 heterocycles. The Balaban J connectivity index is 2.82. The van der Waals surface area contributed by atoms with E-state index in [1.807, 2.05) is 14.1 Å². The highest BCUT2D eigenvalue weighted by Crippen LogP contribution is 2.32. The Kier molecular flexibility index (Phi) is 2.94. The van der Waals surface area contributed by atoms with E-state index in [0.29, 0.717) is 0 Å². The fraction of sp³-hybridized carbons (Fsp3) is 0.462. The fourth-order valence-electron chi connectivity index (χ4n) is 1.97. The molecule has 17 heavy (non-hydrogen) atoms. The highest BCUT2D eigenvalue weighted by Gasteiger charge is 2.23. The molecule has 0 aliphatic carbocycles. The summed E-state index contributed by atoms with van der Waals surface area (Å²) in [5.41, 5.74) is 2.32. The molecule has 0 saturated heterocycles. The fourth-order valence-corrected chi connectivity index (χ4v) is 2.53. The second-order valence-corrected chi connectivity index (χ2v) is 6.23. The Labute approximate surface area is 111 Å². The van der Waals surface area contributed by atoms with Gasteiger partial charge in [-0.3, -0.25) is 0 Å². The molecule has 0 radical (unpaired) electrons. The number of pyridine rings is 1. The molecule has 4 heteroatoms. The Morgan fingerprint density at radius 1 is 1.29 bits per heavy atom. The van der Waals surface area contributed by atoms with Crippen molar-refractivity contribution in [2.75, 3.05) is 19.0 Å². The van der Waals surface area contributed by atoms with Gasteiger partial charge in [0.25, 0.3) is 0 Å². The number of hydrogen-bond acceptors (Lipinski definition) is 2. The lowest BCUT2D eigenvalue weighted by atomic mass is 9.96. The Bertz CT molecular complexity index is 550. The quantitative estimate of drug-likeness (QED) is 0.803. The molecule has 2 aromatic heterocycles. The molecule has 0 N–H and O–H groups in total. The number of halogens is 1. The normalized spacial score (nSPS) is 12.1. The molecule has 0 amide bonds. The van der Waals surface area contributed by atoms with E-state index in [2.05, 4.69) is 69.3 Å². The summed E-state index contributed by atoms with van der Waals surface area (Å²) in [5, 5.41) is 0. The minimum atomic E-state index is 0.0277. The van der Waals surface area contributed by atoms with E-state index in [9.17, 15) is 0 Å². The van der Waals surface area contributed by atoms with Crippen molar-refractivity contribution < 1.29 is 0 Å². The van der Waals surface area contributed by atoms with Crippen LogP contribution in [0, 0.1) is 0 Å². The molecule has 3 nitrogen and oxygen atoms in total. The summed E-state index contributed by atoms with van der Waals surface area (Å²) in [4.78, 5) is 6.76. The van der Waals surface area contributed by atoms with Gasteiger partial charge in [-0.05, 0) is 28.1 Å². The van der Waals surface area contributed by atoms with Crippen molar-refractivity contribution in [1.29, 1.82) is 0 Å². The van der Waals surface area contributed by atoms with E-state index in [0.717, 1.165) is 15.9 Å². The van der Waals surface area contributed by atoms with E-state index in [1.165, 1.54) is 5.69 Å². The topological polar surface area (TPSA) is 20.5 Å². The summed E-state index contributed by atoms with van der Waals surface area (Å²) in [7, 11) is 4.09. The van der Waals surface area contributed by atoms with Crippen LogP contribution in [0.4, 0.5) is 5.69 Å². The maximum atomic E-state index is 4.66. The molecule has 0 aliphatic rings. The van der Waals surface area contributed by atoms with E-state index in [-0.39, 0.29) is 5.41 Å². The first-order valence-corrected chi connectivity index (χ1v) is 6.46. The van der Waals surface area contributed by atoms with Gasteiger partial charge >= 0.3 is 0 Å². The zero-order valence-corrected chi connectivity index (χ0v) is 12.5. The molecule has 0 bridgehead atoms. The highest BCUT2D eigenvalue weighted by molar-refractivity contribution is 9.10. The van der Waals surface area contributed by atoms with Crippen molar-refractivity contribution in [3.8, 4) is 0 Å². The standard InChI is InChI=1S/C13H18BrN3/c1-13(2,3)12-15-11(14)10-9(16(4)5)7-6-8-17(10)12/h6-8H,1-5H3. The molecule has 0 aliphatic heterocycles. The maximum absolute atomic E-state index is 4.66. The van der Waals surface area contributed by atoms with Crippen LogP contribution in [0.25, 0.3) is 5.52 Å². The van der Waals surface area contributed by atoms with Crippen molar-refractivity contribution in [2.45, 2.75) is 26.2 Å². The second-order valence-electron chi connectivity index (χ2n) is 5.48. The summed E-state index contributed by atoms with van der Waals surface area (Å²) in [5.74, 6) is 1.07. The zero-order valence-electron chi connectivity index (χ0n) is 11.0. The van der Waals surface area contributed by atoms with Crippen LogP contribution in [-0.4, -0.2) is 23.5 Å². The Morgan fingerprint density at radius 2 is 1.94 bits per heavy atom. The molecule has 0 fully saturated rings. The van der Waals surface area contributed by atoms with Gasteiger partial charge in [-0.1, -0.05) is 20.8 Å². The molecule has 0 saturated carbocycles. The van der Waals surface area contributed by atoms with Crippen LogP contribution in [0.3, 0.4) is 0 Å². The molecule has 2 rings (SSSR count). The van der Waals surface area contributed by atoms with Gasteiger partial charge in [-0.15, -0.1) is 0 Å². The minimum absolute atomic E-state index is 0.0277. The summed E-state index contributed by atoms with van der Waals surface area (Å²) in [6.45, 7) is 6.53. The van der Waals surface area contributed by atoms with Crippen LogP contribution < -0.4 is 4.90 Å². The van der Waals surface area contributed by atoms with Gasteiger partial charge in [0.2, 0.25) is 0 Å². The first-order chi connectivity index (χ1) is 7.82. The predicted octanol–water partition coefficient (Wildman–Crippen LogP) is 3.46. The Morgan fingerprint density at radius 3 is 2.47 bits per heavy atom. The van der Waals surface area contributed by atoms with Crippen LogP contribution in [0.2, 0.25) is 0 Å². The van der Waals surface area contributed by atoms with Gasteiger partial charge in [0.1, 0.15) is 15.9 Å². The maximum Gasteiger partial charge on any atom is 0.134 e. The first kappa shape index (κ1) is 12.4. The van der Waals surface area contributed by atoms with E-state index < -0.39 is 0 Å². The molecular formula is C13H18BrN3. The van der Waals surface area contributed by atoms with Crippen LogP contribution in [0.5, 0.6) is 0 Å². The van der Waals surface area contributed by atoms with Crippen molar-refractivity contribution >= 4 is 27.1 Å². The summed E-state index contributed by atoms with van der Waals surface area (Å²) >= 11 is 3.57. The van der Waals surface area contributed by atoms with E-state index >= 15 is 0 Å². The van der Waals surface area contributed by atoms with Gasteiger partial charge in [0.15, 0.2) is 0 Å². The van der Waals surface area contributed by atoms with Crippen LogP contribution in [0.1, 0.15) is 26.6 Å². The Hall–Kier alpha value is -1.03. The third kappa shape index (κ3) is 2.06. The first-order valence-electron chi connectivity index (χ1n) is 5.66. The average molecular weight is 296 g/mol. The second kappa shape index (κ2) is 4.02. The predicted molar refractivity (Wildman–Crippen MR) is 75.9 cm³/mol. The lowest BCUT2D eigenvalue weighted by Crippen LogP contribution is -2.16. The number of rotatable bonds is 1. The molecule has 92 valence electrons. The molecule has 0 aromatic carbocycles. The lowest BCUT2D eigenvalue weighted by molar-refractivity contribution is 0.542. The zero-order chi connectivity index (χ0) is 12.8. The third-order valence-electron chi connectivity index (χ3n) is 2.75. The summed E-state index contributed by atoms with van der Waals surface area (Å²) in [6.07, 6.45) is 2.07. The van der Waals surface area contributed by atoms with Gasteiger partial charge in [-0.25, -0.2) is 4.98 Å². The summed E-state index contributed by atoms with van der Waals surface area (Å²) < 4.78 is 3.08. The number of hydrogen-bond donors (Lipinski definition) is 0. The largest absolute Gasteiger partial charge is 0.376 e. The van der Waals surface area contributed by atoms with Crippen molar-refractivity contribution in [2.24, 2.45) is 0 Å². The molecule has 0 spiro atoms. The van der Waals surface area contributed by atoms with Crippen LogP contribution in [0.15, 0.2) is 22.9 Å². The van der Waals surface area contributed by atoms with Gasteiger partial charge in [0.05, 0.1) is 5.69 Å². The lowest BCUT2D eigenvalue weighted by Gasteiger charge is -2.18. The number of imidazole rings is 1. The third-order valence-corrected chi connectivity index (χ3v) is 3.31. The number of aromatic nitrogens is 2. The number of fused-ring (bicyclic) bond motifs is 1. The SMILES string of the molecule is CN(C)c1cccn2c(C(C)(C)C)nc(Br)c12. The minimum Gasteiger partial charge on any atom is -0.376 e. The van der Waals surface area contributed by atoms with E-state index in [1.54, 1.807) is 0 Å². The molecule has 2 aromatic rings. The van der Waals surface area contributed by atoms with Crippen LogP contribution >= 0.6 is 15.9 Å². The van der Waals surface area contributed by atoms with Gasteiger partial charge in [-0.2, -0.15) is 0 Å². The highest BCUT2D eigenvalue weighted by atomic mass is 79.9. The summed E-state index contributed by atoms with van der Waals surface area (Å²) in [6, 6.07) is 4.17. The van der Waals surface area contributed by atoms with Crippen molar-refractivity contribution in [1.82, 2.24) is 9.38 Å². The number of nitrogens with zero attached hydrogens (tertiary/aromatic N) is 3. The van der Waals surface area contributed by atoms with Gasteiger partial charge < -0.3 is 9.30 Å². The van der Waals surface area contributed by atoms with Crippen molar-refractivity contribution in [3.05, 3.63) is 28.8 Å². The smallest absolute Gasteiger partial charge is 0.134 e. The van der Waals surface area contributed by atoms with Crippen LogP contribution in [-0.2, 0) is 5.41 Å². The molecule has 0 atom stereocenters. The number of anilines is 1. The average Bonchev–Trinajstić information content (AvgIpc) is 2.56. The monoisotopic (exact) mass is 295 g/mol. The van der Waals surface area contributed by atoms with Gasteiger partial charge in [0, 0.05) is 25.7 Å². The molecule has 0 unspecified atom stereocenters.